The molecule has 1 aromatic carbocycles. The van der Waals surface area contributed by atoms with Gasteiger partial charge in [-0.3, -0.25) is 4.79 Å². The fourth-order valence-electron chi connectivity index (χ4n) is 1.97. The summed E-state index contributed by atoms with van der Waals surface area (Å²) in [6, 6.07) is 9.11. The Morgan fingerprint density at radius 2 is 1.96 bits per heavy atom. The summed E-state index contributed by atoms with van der Waals surface area (Å²) in [7, 11) is -3.85. The summed E-state index contributed by atoms with van der Waals surface area (Å²) in [6.07, 6.45) is 1.45. The van der Waals surface area contributed by atoms with E-state index in [0.29, 0.717) is 17.3 Å². The van der Waals surface area contributed by atoms with Crippen LogP contribution in [0.3, 0.4) is 0 Å². The molecular weight excluding hydrogens is 340 g/mol. The zero-order valence-corrected chi connectivity index (χ0v) is 14.1. The monoisotopic (exact) mass is 356 g/mol. The van der Waals surface area contributed by atoms with Crippen molar-refractivity contribution in [3.63, 3.8) is 0 Å². The van der Waals surface area contributed by atoms with Gasteiger partial charge in [-0.05, 0) is 43.3 Å². The summed E-state index contributed by atoms with van der Waals surface area (Å²) in [5.41, 5.74) is 0. The van der Waals surface area contributed by atoms with Gasteiger partial charge in [0.15, 0.2) is 0 Å². The normalized spacial score (nSPS) is 11.6. The van der Waals surface area contributed by atoms with E-state index >= 15 is 0 Å². The van der Waals surface area contributed by atoms with E-state index in [-0.39, 0.29) is 23.9 Å². The predicted octanol–water partition coefficient (Wildman–Crippen LogP) is 2.26. The molecule has 0 aliphatic heterocycles. The third kappa shape index (κ3) is 4.57. The summed E-state index contributed by atoms with van der Waals surface area (Å²) in [6.45, 7) is 1.87. The lowest BCUT2D eigenvalue weighted by Crippen LogP contribution is -2.40. The van der Waals surface area contributed by atoms with Crippen LogP contribution in [-0.4, -0.2) is 31.7 Å². The molecule has 0 aliphatic carbocycles. The summed E-state index contributed by atoms with van der Waals surface area (Å²) < 4.78 is 31.8. The van der Waals surface area contributed by atoms with Crippen LogP contribution in [0, 0.1) is 0 Å². The van der Waals surface area contributed by atoms with Crippen molar-refractivity contribution in [3.8, 4) is 0 Å². The summed E-state index contributed by atoms with van der Waals surface area (Å²) >= 11 is 5.79. The van der Waals surface area contributed by atoms with Crippen LogP contribution in [0.2, 0.25) is 5.02 Å². The van der Waals surface area contributed by atoms with Crippen molar-refractivity contribution in [2.75, 3.05) is 13.1 Å². The van der Waals surface area contributed by atoms with Crippen molar-refractivity contribution in [1.82, 2.24) is 9.62 Å². The predicted molar refractivity (Wildman–Crippen MR) is 86.4 cm³/mol. The number of likely N-dealkylation sites (N-methyl/N-ethyl adjacent to an activating group) is 1. The zero-order chi connectivity index (χ0) is 16.9. The van der Waals surface area contributed by atoms with Gasteiger partial charge in [0.1, 0.15) is 5.76 Å². The molecule has 23 heavy (non-hydrogen) atoms. The number of carbonyl (C=O) groups is 1. The first kappa shape index (κ1) is 17.5. The third-order valence-electron chi connectivity index (χ3n) is 3.06. The zero-order valence-electron chi connectivity index (χ0n) is 12.5. The molecule has 0 spiro atoms. The van der Waals surface area contributed by atoms with Crippen LogP contribution < -0.4 is 5.32 Å². The van der Waals surface area contributed by atoms with Gasteiger partial charge in [-0.15, -0.1) is 0 Å². The molecule has 0 radical (unpaired) electrons. The molecule has 8 heteroatoms. The van der Waals surface area contributed by atoms with E-state index in [1.807, 2.05) is 0 Å². The Morgan fingerprint density at radius 1 is 1.26 bits per heavy atom. The van der Waals surface area contributed by atoms with E-state index in [4.69, 9.17) is 16.0 Å². The number of nitrogens with zero attached hydrogens (tertiary/aromatic N) is 1. The van der Waals surface area contributed by atoms with E-state index in [9.17, 15) is 13.2 Å². The van der Waals surface area contributed by atoms with Gasteiger partial charge in [0.25, 0.3) is 0 Å². The number of nitrogens with one attached hydrogen (secondary N) is 1. The number of sulfonamides is 1. The highest BCUT2D eigenvalue weighted by atomic mass is 35.5. The molecule has 0 saturated heterocycles. The maximum atomic E-state index is 12.8. The second kappa shape index (κ2) is 7.63. The van der Waals surface area contributed by atoms with E-state index in [1.165, 1.54) is 30.5 Å². The molecule has 0 unspecified atom stereocenters. The van der Waals surface area contributed by atoms with Gasteiger partial charge < -0.3 is 9.73 Å². The van der Waals surface area contributed by atoms with Crippen LogP contribution in [0.15, 0.2) is 52.0 Å². The number of furan rings is 1. The maximum Gasteiger partial charge on any atom is 0.243 e. The van der Waals surface area contributed by atoms with Gasteiger partial charge in [-0.25, -0.2) is 8.42 Å². The average Bonchev–Trinajstić information content (AvgIpc) is 3.00. The van der Waals surface area contributed by atoms with Crippen LogP contribution in [-0.2, 0) is 21.4 Å². The van der Waals surface area contributed by atoms with E-state index in [0.717, 1.165) is 4.31 Å². The SMILES string of the molecule is CCNC(=O)CN(Cc1ccco1)S(=O)(=O)c1ccc(Cl)cc1. The molecule has 1 heterocycles. The van der Waals surface area contributed by atoms with Crippen molar-refractivity contribution in [3.05, 3.63) is 53.4 Å². The minimum absolute atomic E-state index is 0.0326. The molecule has 1 N–H and O–H groups in total. The molecule has 0 saturated carbocycles. The molecule has 6 nitrogen and oxygen atoms in total. The van der Waals surface area contributed by atoms with Gasteiger partial charge in [0, 0.05) is 11.6 Å². The molecule has 0 fully saturated rings. The lowest BCUT2D eigenvalue weighted by Gasteiger charge is -2.20. The fourth-order valence-corrected chi connectivity index (χ4v) is 3.46. The molecule has 0 bridgehead atoms. The number of carbonyl (C=O) groups excluding carboxylic acids is 1. The number of benzene rings is 1. The Hall–Kier alpha value is -1.83. The largest absolute Gasteiger partial charge is 0.468 e. The van der Waals surface area contributed by atoms with E-state index in [1.54, 1.807) is 19.1 Å². The van der Waals surface area contributed by atoms with E-state index < -0.39 is 10.0 Å². The van der Waals surface area contributed by atoms with Crippen LogP contribution in [0.5, 0.6) is 0 Å². The third-order valence-corrected chi connectivity index (χ3v) is 5.12. The minimum atomic E-state index is -3.85. The van der Waals surface area contributed by atoms with Gasteiger partial charge in [-0.2, -0.15) is 4.31 Å². The first-order valence-corrected chi connectivity index (χ1v) is 8.80. The lowest BCUT2D eigenvalue weighted by atomic mass is 10.4. The highest BCUT2D eigenvalue weighted by Gasteiger charge is 2.27. The van der Waals surface area contributed by atoms with Gasteiger partial charge in [-0.1, -0.05) is 11.6 Å². The van der Waals surface area contributed by atoms with Gasteiger partial charge in [0.05, 0.1) is 24.2 Å². The number of hydrogen-bond acceptors (Lipinski definition) is 4. The van der Waals surface area contributed by atoms with Crippen molar-refractivity contribution in [2.45, 2.75) is 18.4 Å². The Bertz CT molecular complexity index is 742. The van der Waals surface area contributed by atoms with Crippen LogP contribution in [0.4, 0.5) is 0 Å². The molecule has 1 amide bonds. The molecule has 0 aliphatic rings. The topological polar surface area (TPSA) is 79.6 Å². The molecular formula is C15H17ClN2O4S. The second-order valence-corrected chi connectivity index (χ2v) is 7.13. The highest BCUT2D eigenvalue weighted by molar-refractivity contribution is 7.89. The Kier molecular flexibility index (Phi) is 5.81. The number of rotatable bonds is 7. The fraction of sp³-hybridized carbons (Fsp3) is 0.267. The quantitative estimate of drug-likeness (QED) is 0.825. The Morgan fingerprint density at radius 3 is 2.52 bits per heavy atom. The van der Waals surface area contributed by atoms with Crippen LogP contribution in [0.25, 0.3) is 0 Å². The summed E-state index contributed by atoms with van der Waals surface area (Å²) in [5.74, 6) is 0.0726. The molecule has 2 aromatic rings. The number of halogens is 1. The van der Waals surface area contributed by atoms with Gasteiger partial charge in [0.2, 0.25) is 15.9 Å². The van der Waals surface area contributed by atoms with Crippen LogP contribution >= 0.6 is 11.6 Å². The maximum absolute atomic E-state index is 12.8. The van der Waals surface area contributed by atoms with E-state index in [2.05, 4.69) is 5.32 Å². The first-order valence-electron chi connectivity index (χ1n) is 6.98. The highest BCUT2D eigenvalue weighted by Crippen LogP contribution is 2.20. The average molecular weight is 357 g/mol. The van der Waals surface area contributed by atoms with Crippen molar-refractivity contribution in [1.29, 1.82) is 0 Å². The Labute approximate surface area is 140 Å². The summed E-state index contributed by atoms with van der Waals surface area (Å²) in [5, 5.41) is 3.03. The lowest BCUT2D eigenvalue weighted by molar-refractivity contribution is -0.121. The molecule has 124 valence electrons. The molecule has 1 aromatic heterocycles. The first-order chi connectivity index (χ1) is 10.9. The smallest absolute Gasteiger partial charge is 0.243 e. The van der Waals surface area contributed by atoms with Gasteiger partial charge >= 0.3 is 0 Å². The number of amides is 1. The summed E-state index contributed by atoms with van der Waals surface area (Å²) in [4.78, 5) is 11.9. The van der Waals surface area contributed by atoms with Crippen molar-refractivity contribution < 1.29 is 17.6 Å². The second-order valence-electron chi connectivity index (χ2n) is 4.76. The van der Waals surface area contributed by atoms with Crippen molar-refractivity contribution in [2.24, 2.45) is 0 Å². The standard InChI is InChI=1S/C15H17ClN2O4S/c1-2-17-15(19)11-18(10-13-4-3-9-22-13)23(20,21)14-7-5-12(16)6-8-14/h3-9H,2,10-11H2,1H3,(H,17,19). The van der Waals surface area contributed by atoms with Crippen LogP contribution in [0.1, 0.15) is 12.7 Å². The molecule has 0 atom stereocenters. The van der Waals surface area contributed by atoms with Crippen molar-refractivity contribution >= 4 is 27.5 Å². The Balaban J connectivity index is 2.30. The number of hydrogen-bond donors (Lipinski definition) is 1. The minimum Gasteiger partial charge on any atom is -0.468 e. The molecule has 2 rings (SSSR count).